The molecule has 1 aromatic rings. The van der Waals surface area contributed by atoms with Gasteiger partial charge < -0.3 is 16.4 Å². The first kappa shape index (κ1) is 15.2. The molecule has 0 radical (unpaired) electrons. The molecule has 0 saturated heterocycles. The molecular weight excluding hydrogens is 242 g/mol. The highest BCUT2D eigenvalue weighted by atomic mass is 16.2. The number of hydrogen-bond acceptors (Lipinski definition) is 3. The van der Waals surface area contributed by atoms with Crippen molar-refractivity contribution >= 4 is 23.2 Å². The van der Waals surface area contributed by atoms with Crippen molar-refractivity contribution in [2.45, 2.75) is 33.7 Å². The number of nitrogens with one attached hydrogen (secondary N) is 2. The maximum atomic E-state index is 11.9. The number of benzene rings is 1. The summed E-state index contributed by atoms with van der Waals surface area (Å²) in [5.74, 6) is -0.345. The van der Waals surface area contributed by atoms with Crippen molar-refractivity contribution in [3.63, 3.8) is 0 Å². The van der Waals surface area contributed by atoms with Gasteiger partial charge in [-0.25, -0.2) is 0 Å². The van der Waals surface area contributed by atoms with Crippen molar-refractivity contribution in [2.24, 2.45) is 11.1 Å². The van der Waals surface area contributed by atoms with Crippen LogP contribution in [0.3, 0.4) is 0 Å². The monoisotopic (exact) mass is 263 g/mol. The normalized spacial score (nSPS) is 12.7. The molecule has 2 amide bonds. The largest absolute Gasteiger partial charge is 0.326 e. The fourth-order valence-corrected chi connectivity index (χ4v) is 1.25. The molecule has 0 aromatic heterocycles. The zero-order chi connectivity index (χ0) is 14.6. The number of amides is 2. The summed E-state index contributed by atoms with van der Waals surface area (Å²) in [7, 11) is 0. The Morgan fingerprint density at radius 1 is 1.16 bits per heavy atom. The molecule has 5 nitrogen and oxygen atoms in total. The molecule has 19 heavy (non-hydrogen) atoms. The Labute approximate surface area is 113 Å². The van der Waals surface area contributed by atoms with Crippen LogP contribution in [0.4, 0.5) is 11.4 Å². The van der Waals surface area contributed by atoms with Crippen molar-refractivity contribution in [1.82, 2.24) is 0 Å². The zero-order valence-electron chi connectivity index (χ0n) is 11.8. The summed E-state index contributed by atoms with van der Waals surface area (Å²) in [5.41, 5.74) is 6.26. The predicted molar refractivity (Wildman–Crippen MR) is 76.8 cm³/mol. The third kappa shape index (κ3) is 4.71. The highest BCUT2D eigenvalue weighted by Crippen LogP contribution is 2.20. The average Bonchev–Trinajstić information content (AvgIpc) is 2.27. The first-order chi connectivity index (χ1) is 8.70. The zero-order valence-corrected chi connectivity index (χ0v) is 11.8. The molecule has 0 saturated carbocycles. The molecule has 4 N–H and O–H groups in total. The van der Waals surface area contributed by atoms with Gasteiger partial charge in [0.2, 0.25) is 11.8 Å². The quantitative estimate of drug-likeness (QED) is 0.779. The van der Waals surface area contributed by atoms with Crippen LogP contribution in [-0.4, -0.2) is 17.9 Å². The van der Waals surface area contributed by atoms with E-state index in [0.717, 1.165) is 0 Å². The van der Waals surface area contributed by atoms with E-state index in [4.69, 9.17) is 5.73 Å². The van der Waals surface area contributed by atoms with Crippen molar-refractivity contribution in [3.8, 4) is 0 Å². The van der Waals surface area contributed by atoms with Crippen molar-refractivity contribution in [1.29, 1.82) is 0 Å². The van der Waals surface area contributed by atoms with Gasteiger partial charge in [-0.05, 0) is 25.1 Å². The number of rotatable bonds is 3. The van der Waals surface area contributed by atoms with E-state index in [0.29, 0.717) is 11.4 Å². The molecule has 0 bridgehead atoms. The van der Waals surface area contributed by atoms with Crippen LogP contribution in [0.1, 0.15) is 27.7 Å². The highest BCUT2D eigenvalue weighted by Gasteiger charge is 2.21. The molecule has 1 atom stereocenters. The Hall–Kier alpha value is -1.88. The van der Waals surface area contributed by atoms with Gasteiger partial charge in [-0.2, -0.15) is 0 Å². The molecule has 0 spiro atoms. The van der Waals surface area contributed by atoms with Gasteiger partial charge in [0, 0.05) is 16.8 Å². The second-order valence-corrected chi connectivity index (χ2v) is 5.56. The van der Waals surface area contributed by atoms with Gasteiger partial charge in [-0.1, -0.05) is 26.8 Å². The van der Waals surface area contributed by atoms with Crippen LogP contribution < -0.4 is 16.4 Å². The minimum atomic E-state index is -0.576. The molecule has 5 heteroatoms. The van der Waals surface area contributed by atoms with Crippen LogP contribution in [0.5, 0.6) is 0 Å². The lowest BCUT2D eigenvalue weighted by Crippen LogP contribution is -2.32. The second-order valence-electron chi connectivity index (χ2n) is 5.56. The number of hydrogen-bond donors (Lipinski definition) is 3. The van der Waals surface area contributed by atoms with Gasteiger partial charge in [0.05, 0.1) is 6.04 Å². The van der Waals surface area contributed by atoms with Crippen LogP contribution in [-0.2, 0) is 9.59 Å². The summed E-state index contributed by atoms with van der Waals surface area (Å²) in [4.78, 5) is 23.3. The van der Waals surface area contributed by atoms with Crippen LogP contribution in [0.2, 0.25) is 0 Å². The van der Waals surface area contributed by atoms with Gasteiger partial charge in [0.15, 0.2) is 0 Å². The van der Waals surface area contributed by atoms with Crippen LogP contribution in [0.25, 0.3) is 0 Å². The fraction of sp³-hybridized carbons (Fsp3) is 0.429. The van der Waals surface area contributed by atoms with E-state index in [2.05, 4.69) is 10.6 Å². The van der Waals surface area contributed by atoms with Gasteiger partial charge in [-0.15, -0.1) is 0 Å². The van der Waals surface area contributed by atoms with E-state index < -0.39 is 11.5 Å². The Balaban J connectivity index is 2.78. The lowest BCUT2D eigenvalue weighted by atomic mass is 9.95. The summed E-state index contributed by atoms with van der Waals surface area (Å²) >= 11 is 0. The predicted octanol–water partition coefficient (Wildman–Crippen LogP) is 1.96. The fourth-order valence-electron chi connectivity index (χ4n) is 1.25. The smallest absolute Gasteiger partial charge is 0.240 e. The molecular formula is C14H21N3O2. The SMILES string of the molecule is C[C@@H](N)C(=O)Nc1cccc(NC(=O)C(C)(C)C)c1. The molecule has 0 aliphatic carbocycles. The summed E-state index contributed by atoms with van der Waals surface area (Å²) in [6.45, 7) is 7.12. The topological polar surface area (TPSA) is 84.2 Å². The van der Waals surface area contributed by atoms with Crippen LogP contribution in [0, 0.1) is 5.41 Å². The molecule has 104 valence electrons. The first-order valence-corrected chi connectivity index (χ1v) is 6.18. The second kappa shape index (κ2) is 5.84. The molecule has 0 heterocycles. The van der Waals surface area contributed by atoms with Crippen molar-refractivity contribution in [3.05, 3.63) is 24.3 Å². The minimum Gasteiger partial charge on any atom is -0.326 e. The van der Waals surface area contributed by atoms with Gasteiger partial charge in [0.25, 0.3) is 0 Å². The summed E-state index contributed by atoms with van der Waals surface area (Å²) in [5, 5.41) is 5.48. The van der Waals surface area contributed by atoms with Gasteiger partial charge >= 0.3 is 0 Å². The van der Waals surface area contributed by atoms with E-state index in [1.54, 1.807) is 31.2 Å². The molecule has 1 aromatic carbocycles. The van der Waals surface area contributed by atoms with Crippen molar-refractivity contribution in [2.75, 3.05) is 10.6 Å². The van der Waals surface area contributed by atoms with Gasteiger partial charge in [-0.3, -0.25) is 9.59 Å². The van der Waals surface area contributed by atoms with E-state index in [1.165, 1.54) is 0 Å². The first-order valence-electron chi connectivity index (χ1n) is 6.18. The number of anilines is 2. The summed E-state index contributed by atoms with van der Waals surface area (Å²) < 4.78 is 0. The Kier molecular flexibility index (Phi) is 4.67. The third-order valence-corrected chi connectivity index (χ3v) is 2.48. The Morgan fingerprint density at radius 2 is 1.68 bits per heavy atom. The van der Waals surface area contributed by atoms with E-state index in [1.807, 2.05) is 20.8 Å². The van der Waals surface area contributed by atoms with E-state index in [-0.39, 0.29) is 11.8 Å². The number of nitrogens with two attached hydrogens (primary N) is 1. The molecule has 0 fully saturated rings. The van der Waals surface area contributed by atoms with Gasteiger partial charge in [0.1, 0.15) is 0 Å². The number of carbonyl (C=O) groups is 2. The van der Waals surface area contributed by atoms with E-state index in [9.17, 15) is 9.59 Å². The maximum absolute atomic E-state index is 11.9. The molecule has 0 unspecified atom stereocenters. The highest BCUT2D eigenvalue weighted by molar-refractivity contribution is 5.97. The summed E-state index contributed by atoms with van der Waals surface area (Å²) in [6.07, 6.45) is 0. The standard InChI is InChI=1S/C14H21N3O2/c1-9(15)12(18)16-10-6-5-7-11(8-10)17-13(19)14(2,3)4/h5-9H,15H2,1-4H3,(H,16,18)(H,17,19)/t9-/m1/s1. The average molecular weight is 263 g/mol. The van der Waals surface area contributed by atoms with Crippen LogP contribution in [0.15, 0.2) is 24.3 Å². The molecule has 1 rings (SSSR count). The Morgan fingerprint density at radius 3 is 2.16 bits per heavy atom. The molecule has 0 aliphatic heterocycles. The number of carbonyl (C=O) groups excluding carboxylic acids is 2. The minimum absolute atomic E-state index is 0.0804. The third-order valence-electron chi connectivity index (χ3n) is 2.48. The lowest BCUT2D eigenvalue weighted by Gasteiger charge is -2.18. The maximum Gasteiger partial charge on any atom is 0.240 e. The summed E-state index contributed by atoms with van der Waals surface area (Å²) in [6, 6.07) is 6.39. The van der Waals surface area contributed by atoms with Crippen LogP contribution >= 0.6 is 0 Å². The lowest BCUT2D eigenvalue weighted by molar-refractivity contribution is -0.123. The molecule has 0 aliphatic rings. The van der Waals surface area contributed by atoms with Crippen molar-refractivity contribution < 1.29 is 9.59 Å². The Bertz CT molecular complexity index is 476. The van der Waals surface area contributed by atoms with E-state index >= 15 is 0 Å².